The molecule has 0 saturated carbocycles. The van der Waals surface area contributed by atoms with Crippen LogP contribution >= 0.6 is 24.0 Å². The molecule has 3 rings (SSSR count). The van der Waals surface area contributed by atoms with Crippen LogP contribution in [0.5, 0.6) is 0 Å². The SMILES string of the molecule is CN=C(NCc1cccc(N2CC=CC2)c1)NCc1ncc(C(C)(C)C)o1.I. The van der Waals surface area contributed by atoms with Gasteiger partial charge in [0, 0.05) is 37.8 Å². The second kappa shape index (κ2) is 9.95. The van der Waals surface area contributed by atoms with Crippen LogP contribution in [0, 0.1) is 0 Å². The molecule has 0 saturated heterocycles. The Labute approximate surface area is 184 Å². The number of oxazole rings is 1. The molecule has 28 heavy (non-hydrogen) atoms. The van der Waals surface area contributed by atoms with E-state index in [0.717, 1.165) is 24.8 Å². The zero-order valence-corrected chi connectivity index (χ0v) is 19.4. The van der Waals surface area contributed by atoms with Gasteiger partial charge in [-0.15, -0.1) is 24.0 Å². The van der Waals surface area contributed by atoms with Gasteiger partial charge in [0.15, 0.2) is 5.96 Å². The van der Waals surface area contributed by atoms with Gasteiger partial charge < -0.3 is 20.0 Å². The predicted octanol–water partition coefficient (Wildman–Crippen LogP) is 3.83. The monoisotopic (exact) mass is 495 g/mol. The Kier molecular flexibility index (Phi) is 7.91. The van der Waals surface area contributed by atoms with Crippen molar-refractivity contribution in [2.75, 3.05) is 25.0 Å². The number of halogens is 1. The summed E-state index contributed by atoms with van der Waals surface area (Å²) >= 11 is 0. The predicted molar refractivity (Wildman–Crippen MR) is 125 cm³/mol. The van der Waals surface area contributed by atoms with Gasteiger partial charge >= 0.3 is 0 Å². The summed E-state index contributed by atoms with van der Waals surface area (Å²) in [7, 11) is 1.76. The first-order valence-corrected chi connectivity index (χ1v) is 9.34. The maximum absolute atomic E-state index is 5.81. The first-order valence-electron chi connectivity index (χ1n) is 9.34. The molecule has 0 aliphatic carbocycles. The third-order valence-corrected chi connectivity index (χ3v) is 4.48. The number of anilines is 1. The number of rotatable bonds is 5. The van der Waals surface area contributed by atoms with Crippen LogP contribution in [0.25, 0.3) is 0 Å². The van der Waals surface area contributed by atoms with E-state index in [1.807, 2.05) is 0 Å². The largest absolute Gasteiger partial charge is 0.443 e. The molecule has 0 bridgehead atoms. The second-order valence-electron chi connectivity index (χ2n) is 7.69. The first kappa shape index (κ1) is 22.3. The van der Waals surface area contributed by atoms with Gasteiger partial charge in [0.1, 0.15) is 5.76 Å². The quantitative estimate of drug-likeness (QED) is 0.286. The highest BCUT2D eigenvalue weighted by atomic mass is 127. The molecule has 2 aromatic rings. The molecule has 1 aromatic heterocycles. The van der Waals surface area contributed by atoms with Crippen molar-refractivity contribution in [3.05, 3.63) is 59.8 Å². The van der Waals surface area contributed by atoms with Crippen molar-refractivity contribution >= 4 is 35.6 Å². The van der Waals surface area contributed by atoms with Crippen LogP contribution in [0.2, 0.25) is 0 Å². The Balaban J connectivity index is 0.00000280. The van der Waals surface area contributed by atoms with Gasteiger partial charge in [-0.2, -0.15) is 0 Å². The Bertz CT molecular complexity index is 814. The van der Waals surface area contributed by atoms with Gasteiger partial charge in [-0.1, -0.05) is 45.1 Å². The van der Waals surface area contributed by atoms with Gasteiger partial charge in [0.05, 0.1) is 12.7 Å². The van der Waals surface area contributed by atoms with E-state index in [9.17, 15) is 0 Å². The zero-order chi connectivity index (χ0) is 19.3. The van der Waals surface area contributed by atoms with E-state index < -0.39 is 0 Å². The van der Waals surface area contributed by atoms with Crippen LogP contribution < -0.4 is 15.5 Å². The summed E-state index contributed by atoms with van der Waals surface area (Å²) in [4.78, 5) is 11.0. The minimum Gasteiger partial charge on any atom is -0.443 e. The van der Waals surface area contributed by atoms with Gasteiger partial charge in [0.2, 0.25) is 5.89 Å². The Hall–Kier alpha value is -2.03. The highest BCUT2D eigenvalue weighted by Gasteiger charge is 2.19. The van der Waals surface area contributed by atoms with Gasteiger partial charge in [-0.05, 0) is 17.7 Å². The number of hydrogen-bond donors (Lipinski definition) is 2. The van der Waals surface area contributed by atoms with Crippen LogP contribution in [0.15, 0.2) is 52.0 Å². The fourth-order valence-electron chi connectivity index (χ4n) is 2.86. The highest BCUT2D eigenvalue weighted by Crippen LogP contribution is 2.22. The fourth-order valence-corrected chi connectivity index (χ4v) is 2.86. The molecule has 0 spiro atoms. The maximum atomic E-state index is 5.81. The molecule has 0 unspecified atom stereocenters. The van der Waals surface area contributed by atoms with Gasteiger partial charge in [-0.3, -0.25) is 4.99 Å². The van der Waals surface area contributed by atoms with Crippen molar-refractivity contribution in [1.82, 2.24) is 15.6 Å². The number of benzene rings is 1. The van der Waals surface area contributed by atoms with Crippen molar-refractivity contribution in [2.45, 2.75) is 39.3 Å². The molecule has 0 amide bonds. The number of nitrogens with one attached hydrogen (secondary N) is 2. The topological polar surface area (TPSA) is 65.7 Å². The molecule has 152 valence electrons. The first-order chi connectivity index (χ1) is 13.0. The normalized spacial score (nSPS) is 14.1. The van der Waals surface area contributed by atoms with Crippen LogP contribution in [0.4, 0.5) is 5.69 Å². The fraction of sp³-hybridized carbons (Fsp3) is 0.429. The van der Waals surface area contributed by atoms with Crippen molar-refractivity contribution in [1.29, 1.82) is 0 Å². The van der Waals surface area contributed by atoms with Crippen molar-refractivity contribution in [3.63, 3.8) is 0 Å². The molecule has 0 fully saturated rings. The maximum Gasteiger partial charge on any atom is 0.213 e. The summed E-state index contributed by atoms with van der Waals surface area (Å²) < 4.78 is 5.81. The van der Waals surface area contributed by atoms with E-state index in [4.69, 9.17) is 4.42 Å². The van der Waals surface area contributed by atoms with Crippen LogP contribution in [0.3, 0.4) is 0 Å². The third-order valence-electron chi connectivity index (χ3n) is 4.48. The lowest BCUT2D eigenvalue weighted by Gasteiger charge is -2.19. The lowest BCUT2D eigenvalue weighted by Crippen LogP contribution is -2.36. The van der Waals surface area contributed by atoms with E-state index in [-0.39, 0.29) is 29.4 Å². The minimum atomic E-state index is -0.0406. The summed E-state index contributed by atoms with van der Waals surface area (Å²) in [6.45, 7) is 9.48. The molecule has 2 N–H and O–H groups in total. The van der Waals surface area contributed by atoms with E-state index in [1.165, 1.54) is 11.3 Å². The smallest absolute Gasteiger partial charge is 0.213 e. The van der Waals surface area contributed by atoms with Crippen LogP contribution in [0.1, 0.15) is 38.0 Å². The molecule has 6 nitrogen and oxygen atoms in total. The Morgan fingerprint density at radius 1 is 1.18 bits per heavy atom. The Morgan fingerprint density at radius 3 is 2.54 bits per heavy atom. The lowest BCUT2D eigenvalue weighted by molar-refractivity contribution is 0.379. The molecular formula is C21H30IN5O. The number of guanidine groups is 1. The van der Waals surface area contributed by atoms with E-state index in [1.54, 1.807) is 13.2 Å². The summed E-state index contributed by atoms with van der Waals surface area (Å²) in [6, 6.07) is 8.59. The molecule has 1 aliphatic heterocycles. The lowest BCUT2D eigenvalue weighted by atomic mass is 9.94. The van der Waals surface area contributed by atoms with Crippen molar-refractivity contribution in [3.8, 4) is 0 Å². The van der Waals surface area contributed by atoms with Crippen molar-refractivity contribution < 1.29 is 4.42 Å². The molecule has 7 heteroatoms. The van der Waals surface area contributed by atoms with E-state index in [2.05, 4.69) is 82.7 Å². The van der Waals surface area contributed by atoms with Gasteiger partial charge in [-0.25, -0.2) is 4.98 Å². The molecule has 1 aliphatic rings. The molecule has 0 atom stereocenters. The standard InChI is InChI=1S/C21H29N5O.HI/c1-21(2,3)18-14-23-19(27-18)15-25-20(22-4)24-13-16-8-7-9-17(12-16)26-10-5-6-11-26;/h5-9,12,14H,10-11,13,15H2,1-4H3,(H2,22,24,25);1H. The van der Waals surface area contributed by atoms with Crippen LogP contribution in [-0.2, 0) is 18.5 Å². The second-order valence-corrected chi connectivity index (χ2v) is 7.69. The molecule has 0 radical (unpaired) electrons. The molecule has 1 aromatic carbocycles. The molecule has 2 heterocycles. The van der Waals surface area contributed by atoms with E-state index in [0.29, 0.717) is 19.0 Å². The summed E-state index contributed by atoms with van der Waals surface area (Å²) in [5.74, 6) is 2.26. The van der Waals surface area contributed by atoms with Crippen molar-refractivity contribution in [2.24, 2.45) is 4.99 Å². The molecular weight excluding hydrogens is 465 g/mol. The number of nitrogens with zero attached hydrogens (tertiary/aromatic N) is 3. The summed E-state index contributed by atoms with van der Waals surface area (Å²) in [5.41, 5.74) is 2.42. The third kappa shape index (κ3) is 5.98. The average molecular weight is 495 g/mol. The number of aromatic nitrogens is 1. The average Bonchev–Trinajstić information content (AvgIpc) is 3.34. The minimum absolute atomic E-state index is 0. The Morgan fingerprint density at radius 2 is 1.89 bits per heavy atom. The van der Waals surface area contributed by atoms with Gasteiger partial charge in [0.25, 0.3) is 0 Å². The number of aliphatic imine (C=N–C) groups is 1. The van der Waals surface area contributed by atoms with Crippen LogP contribution in [-0.4, -0.2) is 31.1 Å². The number of hydrogen-bond acceptors (Lipinski definition) is 4. The van der Waals surface area contributed by atoms with E-state index >= 15 is 0 Å². The summed E-state index contributed by atoms with van der Waals surface area (Å²) in [5, 5.41) is 6.60. The zero-order valence-electron chi connectivity index (χ0n) is 17.0. The highest BCUT2D eigenvalue weighted by molar-refractivity contribution is 14.0. The summed E-state index contributed by atoms with van der Waals surface area (Å²) in [6.07, 6.45) is 6.20.